The van der Waals surface area contributed by atoms with Crippen LogP contribution in [0.3, 0.4) is 0 Å². The van der Waals surface area contributed by atoms with E-state index in [2.05, 4.69) is 0 Å². The predicted octanol–water partition coefficient (Wildman–Crippen LogP) is -11.3. The number of carboxylic acid groups (broad SMARTS) is 2. The number of carbonyl (C=O) groups excluding carboxylic acids is 2. The fourth-order valence-corrected chi connectivity index (χ4v) is 1.73. The molecule has 0 amide bonds. The van der Waals surface area contributed by atoms with Crippen molar-refractivity contribution >= 4 is 60.8 Å². The number of hydrogen-bond donors (Lipinski definition) is 12. The molecule has 0 bridgehead atoms. The average Bonchev–Trinajstić information content (AvgIpc) is 2.73. The summed E-state index contributed by atoms with van der Waals surface area (Å²) in [4.78, 5) is 20.2. The maximum Gasteiger partial charge on any atom is 2.00 e. The van der Waals surface area contributed by atoms with Gasteiger partial charge in [0.15, 0.2) is 0 Å². The standard InChI is InChI=1S/2C7H14O8.Ba/c2*8-1-2(9)3(10)4(11)5(12)6(13)7(14)15;/h2*2-6,8-13H,1H2,(H,14,15);/q;;+2/p-2/t2*2-,3+,4-,5-,6-;/m11./s1. The molecule has 0 radical (unpaired) electrons. The number of aliphatic hydroxyl groups excluding tert-OH is 12. The first-order chi connectivity index (χ1) is 13.6. The summed E-state index contributed by atoms with van der Waals surface area (Å²) >= 11 is 0. The van der Waals surface area contributed by atoms with E-state index < -0.39 is 86.2 Å². The Kier molecular flexibility index (Phi) is 20.1. The molecule has 0 aliphatic heterocycles. The molecule has 0 aromatic rings. The van der Waals surface area contributed by atoms with Gasteiger partial charge in [-0.05, 0) is 0 Å². The Morgan fingerprint density at radius 2 is 0.742 bits per heavy atom. The van der Waals surface area contributed by atoms with Crippen molar-refractivity contribution in [3.63, 3.8) is 0 Å². The van der Waals surface area contributed by atoms with Gasteiger partial charge in [0, 0.05) is 0 Å². The van der Waals surface area contributed by atoms with Crippen LogP contribution in [0.4, 0.5) is 0 Å². The van der Waals surface area contributed by atoms with Gasteiger partial charge in [-0.3, -0.25) is 0 Å². The maximum absolute atomic E-state index is 10.1. The Bertz CT molecular complexity index is 465. The molecule has 0 aromatic heterocycles. The Balaban J connectivity index is -0.000000490. The van der Waals surface area contributed by atoms with E-state index in [1.54, 1.807) is 0 Å². The minimum absolute atomic E-state index is 0. The van der Waals surface area contributed by atoms with Gasteiger partial charge in [0.2, 0.25) is 0 Å². The summed E-state index contributed by atoms with van der Waals surface area (Å²) < 4.78 is 0. The van der Waals surface area contributed by atoms with E-state index in [9.17, 15) is 19.8 Å². The van der Waals surface area contributed by atoms with Crippen molar-refractivity contribution < 1.29 is 81.1 Å². The van der Waals surface area contributed by atoms with E-state index in [-0.39, 0.29) is 48.9 Å². The van der Waals surface area contributed by atoms with Crippen molar-refractivity contribution in [2.24, 2.45) is 0 Å². The van der Waals surface area contributed by atoms with Gasteiger partial charge >= 0.3 is 48.9 Å². The zero-order valence-electron chi connectivity index (χ0n) is 15.9. The topological polar surface area (TPSA) is 323 Å². The Morgan fingerprint density at radius 1 is 0.516 bits per heavy atom. The predicted molar refractivity (Wildman–Crippen MR) is 90.0 cm³/mol. The first kappa shape index (κ1) is 35.6. The van der Waals surface area contributed by atoms with Crippen LogP contribution >= 0.6 is 0 Å². The molecule has 10 atom stereocenters. The van der Waals surface area contributed by atoms with Crippen molar-refractivity contribution in [3.05, 3.63) is 0 Å². The molecule has 0 unspecified atom stereocenters. The zero-order chi connectivity index (χ0) is 24.3. The second-order valence-corrected chi connectivity index (χ2v) is 5.97. The number of aliphatic hydroxyl groups is 12. The summed E-state index contributed by atoms with van der Waals surface area (Å²) in [7, 11) is 0. The van der Waals surface area contributed by atoms with Gasteiger partial charge in [0.1, 0.15) is 61.0 Å². The third kappa shape index (κ3) is 12.2. The fraction of sp³-hybridized carbons (Fsp3) is 0.857. The van der Waals surface area contributed by atoms with Crippen LogP contribution in [-0.4, -0.2) is 196 Å². The van der Waals surface area contributed by atoms with Crippen LogP contribution in [0, 0.1) is 0 Å². The molecule has 0 aliphatic rings. The summed E-state index contributed by atoms with van der Waals surface area (Å²) in [6, 6.07) is 0. The van der Waals surface area contributed by atoms with Crippen LogP contribution in [0.15, 0.2) is 0 Å². The van der Waals surface area contributed by atoms with E-state index in [0.29, 0.717) is 0 Å². The first-order valence-corrected chi connectivity index (χ1v) is 8.09. The van der Waals surface area contributed by atoms with Crippen molar-refractivity contribution in [1.29, 1.82) is 0 Å². The number of aliphatic carboxylic acids is 2. The van der Waals surface area contributed by atoms with Crippen molar-refractivity contribution in [2.45, 2.75) is 61.0 Å². The van der Waals surface area contributed by atoms with E-state index >= 15 is 0 Å². The molecular formula is C14H26BaO16. The molecule has 0 spiro atoms. The molecule has 0 aliphatic carbocycles. The Labute approximate surface area is 215 Å². The van der Waals surface area contributed by atoms with Gasteiger partial charge in [-0.25, -0.2) is 0 Å². The van der Waals surface area contributed by atoms with Crippen LogP contribution in [0.2, 0.25) is 0 Å². The molecule has 0 heterocycles. The van der Waals surface area contributed by atoms with Gasteiger partial charge in [-0.15, -0.1) is 0 Å². The van der Waals surface area contributed by atoms with Crippen molar-refractivity contribution in [1.82, 2.24) is 0 Å². The summed E-state index contributed by atoms with van der Waals surface area (Å²) in [6.45, 7) is -1.79. The number of hydrogen-bond acceptors (Lipinski definition) is 16. The maximum atomic E-state index is 10.1. The number of rotatable bonds is 12. The van der Waals surface area contributed by atoms with Crippen molar-refractivity contribution in [3.8, 4) is 0 Å². The van der Waals surface area contributed by atoms with E-state index in [1.165, 1.54) is 0 Å². The quantitative estimate of drug-likeness (QED) is 0.0942. The third-order valence-corrected chi connectivity index (χ3v) is 3.69. The van der Waals surface area contributed by atoms with E-state index in [1.807, 2.05) is 0 Å². The SMILES string of the molecule is O=C([O-])[C@H](O)[C@H](O)[C@H](O)[C@@H](O)[C@H](O)CO.O=C([O-])[C@H](O)[C@H](O)[C@H](O)[C@@H](O)[C@H](O)CO.[Ba+2]. The van der Waals surface area contributed by atoms with Crippen LogP contribution in [0.25, 0.3) is 0 Å². The van der Waals surface area contributed by atoms with Crippen LogP contribution in [0.1, 0.15) is 0 Å². The molecule has 180 valence electrons. The Hall–Kier alpha value is 0.0314. The molecule has 0 saturated heterocycles. The fourth-order valence-electron chi connectivity index (χ4n) is 1.73. The first-order valence-electron chi connectivity index (χ1n) is 8.09. The van der Waals surface area contributed by atoms with E-state index in [4.69, 9.17) is 61.3 Å². The monoisotopic (exact) mass is 588 g/mol. The molecule has 12 N–H and O–H groups in total. The summed E-state index contributed by atoms with van der Waals surface area (Å²) in [5.41, 5.74) is 0. The second kappa shape index (κ2) is 17.5. The average molecular weight is 588 g/mol. The van der Waals surface area contributed by atoms with Gasteiger partial charge in [0.25, 0.3) is 0 Å². The van der Waals surface area contributed by atoms with Gasteiger partial charge < -0.3 is 81.1 Å². The van der Waals surface area contributed by atoms with Gasteiger partial charge in [0.05, 0.1) is 25.2 Å². The molecule has 0 aromatic carbocycles. The minimum atomic E-state index is -2.40. The molecule has 16 nitrogen and oxygen atoms in total. The smallest absolute Gasteiger partial charge is 0.547 e. The molecule has 0 rings (SSSR count). The van der Waals surface area contributed by atoms with Gasteiger partial charge in [-0.1, -0.05) is 0 Å². The summed E-state index contributed by atoms with van der Waals surface area (Å²) in [5, 5.41) is 126. The summed E-state index contributed by atoms with van der Waals surface area (Å²) in [5.74, 6) is -4.07. The zero-order valence-corrected chi connectivity index (χ0v) is 20.3. The third-order valence-electron chi connectivity index (χ3n) is 3.69. The summed E-state index contributed by atoms with van der Waals surface area (Å²) in [6.07, 6.45) is -21.0. The van der Waals surface area contributed by atoms with Gasteiger partial charge in [-0.2, -0.15) is 0 Å². The second-order valence-electron chi connectivity index (χ2n) is 5.97. The molecule has 0 saturated carbocycles. The number of carbonyl (C=O) groups is 2. The molecular weight excluding hydrogens is 561 g/mol. The van der Waals surface area contributed by atoms with Crippen LogP contribution in [-0.2, 0) is 9.59 Å². The van der Waals surface area contributed by atoms with Crippen LogP contribution < -0.4 is 10.2 Å². The number of carboxylic acids is 2. The molecule has 0 fully saturated rings. The van der Waals surface area contributed by atoms with Crippen molar-refractivity contribution in [2.75, 3.05) is 13.2 Å². The minimum Gasteiger partial charge on any atom is -0.547 e. The molecule has 17 heteroatoms. The van der Waals surface area contributed by atoms with Crippen LogP contribution in [0.5, 0.6) is 0 Å². The molecule has 31 heavy (non-hydrogen) atoms. The largest absolute Gasteiger partial charge is 2.00 e. The van der Waals surface area contributed by atoms with E-state index in [0.717, 1.165) is 0 Å². The normalized spacial score (nSPS) is 20.8. The Morgan fingerprint density at radius 3 is 0.903 bits per heavy atom.